The Kier molecular flexibility index (Phi) is 5.69. The van der Waals surface area contributed by atoms with Crippen LogP contribution in [0.2, 0.25) is 0 Å². The second kappa shape index (κ2) is 8.04. The van der Waals surface area contributed by atoms with Crippen LogP contribution in [0.4, 0.5) is 5.69 Å². The Morgan fingerprint density at radius 1 is 0.931 bits per heavy atom. The fourth-order valence-corrected chi connectivity index (χ4v) is 4.09. The molecule has 0 bridgehead atoms. The van der Waals surface area contributed by atoms with Crippen molar-refractivity contribution in [2.45, 2.75) is 18.7 Å². The van der Waals surface area contributed by atoms with Crippen LogP contribution >= 0.6 is 0 Å². The van der Waals surface area contributed by atoms with Crippen LogP contribution in [0.3, 0.4) is 0 Å². The number of anilines is 1. The van der Waals surface area contributed by atoms with E-state index in [9.17, 15) is 8.42 Å². The van der Waals surface area contributed by atoms with Gasteiger partial charge >= 0.3 is 0 Å². The molecule has 9 heteroatoms. The Balaban J connectivity index is 1.92. The van der Waals surface area contributed by atoms with E-state index < -0.39 is 10.0 Å². The minimum Gasteiger partial charge on any atom is -0.493 e. The molecule has 0 atom stereocenters. The number of hydrogen-bond acceptors (Lipinski definition) is 7. The van der Waals surface area contributed by atoms with Crippen LogP contribution in [-0.4, -0.2) is 34.9 Å². The van der Waals surface area contributed by atoms with E-state index in [0.29, 0.717) is 23.0 Å². The largest absolute Gasteiger partial charge is 0.493 e. The monoisotopic (exact) mass is 418 g/mol. The van der Waals surface area contributed by atoms with Crippen molar-refractivity contribution < 1.29 is 27.2 Å². The number of nitrogens with zero attached hydrogens (tertiary/aromatic N) is 1. The van der Waals surface area contributed by atoms with Crippen molar-refractivity contribution in [3.8, 4) is 28.4 Å². The van der Waals surface area contributed by atoms with E-state index in [1.807, 2.05) is 13.8 Å². The lowest BCUT2D eigenvalue weighted by atomic mass is 10.0. The van der Waals surface area contributed by atoms with E-state index >= 15 is 0 Å². The average molecular weight is 418 g/mol. The number of benzene rings is 2. The molecule has 2 aromatic carbocycles. The minimum absolute atomic E-state index is 0.113. The molecule has 8 nitrogen and oxygen atoms in total. The van der Waals surface area contributed by atoms with Crippen molar-refractivity contribution in [2.75, 3.05) is 26.1 Å². The molecule has 0 radical (unpaired) electrons. The lowest BCUT2D eigenvalue weighted by Crippen LogP contribution is -2.13. The summed E-state index contributed by atoms with van der Waals surface area (Å²) < 4.78 is 49.2. The summed E-state index contributed by atoms with van der Waals surface area (Å²) in [4.78, 5) is 0.113. The molecule has 0 aliphatic rings. The van der Waals surface area contributed by atoms with E-state index in [4.69, 9.17) is 18.7 Å². The molecule has 154 valence electrons. The molecule has 0 unspecified atom stereocenters. The SMILES string of the molecule is COc1cc(NS(=O)(=O)c2ccc(-c3c(C)noc3C)cc2)cc(OC)c1OC. The van der Waals surface area contributed by atoms with Crippen LogP contribution in [-0.2, 0) is 10.0 Å². The number of hydrogen-bond donors (Lipinski definition) is 1. The van der Waals surface area contributed by atoms with Gasteiger partial charge in [0.25, 0.3) is 10.0 Å². The van der Waals surface area contributed by atoms with Crippen LogP contribution in [0.5, 0.6) is 17.2 Å². The number of sulfonamides is 1. The molecule has 0 amide bonds. The van der Waals surface area contributed by atoms with E-state index in [1.165, 1.54) is 45.6 Å². The maximum Gasteiger partial charge on any atom is 0.261 e. The molecule has 29 heavy (non-hydrogen) atoms. The first-order valence-corrected chi connectivity index (χ1v) is 10.1. The standard InChI is InChI=1S/C20H22N2O6S/c1-12-19(13(2)28-21-12)14-6-8-16(9-7-14)29(23,24)22-15-10-17(25-3)20(27-5)18(11-15)26-4/h6-11,22H,1-5H3. The highest BCUT2D eigenvalue weighted by atomic mass is 32.2. The summed E-state index contributed by atoms with van der Waals surface area (Å²) >= 11 is 0. The molecule has 1 aromatic heterocycles. The topological polar surface area (TPSA) is 99.9 Å². The van der Waals surface area contributed by atoms with Gasteiger partial charge in [-0.2, -0.15) is 0 Å². The number of aromatic nitrogens is 1. The summed E-state index contributed by atoms with van der Waals surface area (Å²) in [6.07, 6.45) is 0. The van der Waals surface area contributed by atoms with E-state index in [0.717, 1.165) is 16.8 Å². The quantitative estimate of drug-likeness (QED) is 0.623. The van der Waals surface area contributed by atoms with Crippen LogP contribution in [0.15, 0.2) is 45.8 Å². The molecule has 0 aliphatic carbocycles. The molecule has 3 aromatic rings. The molecule has 0 spiro atoms. The van der Waals surface area contributed by atoms with Gasteiger partial charge in [-0.05, 0) is 31.5 Å². The molecule has 1 N–H and O–H groups in total. The van der Waals surface area contributed by atoms with Gasteiger partial charge in [0.2, 0.25) is 5.75 Å². The maximum absolute atomic E-state index is 12.8. The van der Waals surface area contributed by atoms with E-state index in [-0.39, 0.29) is 10.6 Å². The van der Waals surface area contributed by atoms with Crippen LogP contribution in [0.25, 0.3) is 11.1 Å². The van der Waals surface area contributed by atoms with Crippen LogP contribution in [0, 0.1) is 13.8 Å². The third kappa shape index (κ3) is 4.00. The fourth-order valence-electron chi connectivity index (χ4n) is 3.05. The summed E-state index contributed by atoms with van der Waals surface area (Å²) in [5.41, 5.74) is 2.71. The lowest BCUT2D eigenvalue weighted by Gasteiger charge is -2.15. The normalized spacial score (nSPS) is 11.2. The van der Waals surface area contributed by atoms with Crippen molar-refractivity contribution in [3.63, 3.8) is 0 Å². The second-order valence-electron chi connectivity index (χ2n) is 6.24. The molecule has 0 saturated carbocycles. The van der Waals surface area contributed by atoms with Crippen molar-refractivity contribution >= 4 is 15.7 Å². The number of rotatable bonds is 7. The molecule has 0 saturated heterocycles. The third-order valence-corrected chi connectivity index (χ3v) is 5.80. The highest BCUT2D eigenvalue weighted by molar-refractivity contribution is 7.92. The van der Waals surface area contributed by atoms with Gasteiger partial charge in [-0.25, -0.2) is 8.42 Å². The van der Waals surface area contributed by atoms with Gasteiger partial charge in [-0.3, -0.25) is 4.72 Å². The van der Waals surface area contributed by atoms with Crippen molar-refractivity contribution in [3.05, 3.63) is 47.9 Å². The minimum atomic E-state index is -3.83. The lowest BCUT2D eigenvalue weighted by molar-refractivity contribution is 0.325. The average Bonchev–Trinajstić information content (AvgIpc) is 3.05. The summed E-state index contributed by atoms with van der Waals surface area (Å²) in [7, 11) is 0.570. The predicted molar refractivity (Wildman–Crippen MR) is 108 cm³/mol. The number of ether oxygens (including phenoxy) is 3. The summed E-state index contributed by atoms with van der Waals surface area (Å²) in [6, 6.07) is 9.55. The molecule has 3 rings (SSSR count). The van der Waals surface area contributed by atoms with Gasteiger partial charge in [0.05, 0.1) is 37.6 Å². The first-order chi connectivity index (χ1) is 13.8. The fraction of sp³-hybridized carbons (Fsp3) is 0.250. The van der Waals surface area contributed by atoms with Gasteiger partial charge in [-0.15, -0.1) is 0 Å². The summed E-state index contributed by atoms with van der Waals surface area (Å²) in [5, 5.41) is 3.93. The van der Waals surface area contributed by atoms with Gasteiger partial charge in [0.1, 0.15) is 5.76 Å². The van der Waals surface area contributed by atoms with E-state index in [1.54, 1.807) is 12.1 Å². The Hall–Kier alpha value is -3.20. The molecular weight excluding hydrogens is 396 g/mol. The van der Waals surface area contributed by atoms with Crippen molar-refractivity contribution in [1.82, 2.24) is 5.16 Å². The first kappa shape index (κ1) is 20.5. The zero-order chi connectivity index (χ0) is 21.2. The summed E-state index contributed by atoms with van der Waals surface area (Å²) in [6.45, 7) is 3.65. The van der Waals surface area contributed by atoms with Gasteiger partial charge in [-0.1, -0.05) is 17.3 Å². The second-order valence-corrected chi connectivity index (χ2v) is 7.93. The van der Waals surface area contributed by atoms with Crippen LogP contribution in [0.1, 0.15) is 11.5 Å². The Morgan fingerprint density at radius 2 is 1.52 bits per heavy atom. The maximum atomic E-state index is 12.8. The zero-order valence-corrected chi connectivity index (χ0v) is 17.6. The van der Waals surface area contributed by atoms with Crippen molar-refractivity contribution in [1.29, 1.82) is 0 Å². The molecular formula is C20H22N2O6S. The van der Waals surface area contributed by atoms with Crippen LogP contribution < -0.4 is 18.9 Å². The summed E-state index contributed by atoms with van der Waals surface area (Å²) in [5.74, 6) is 1.74. The molecule has 1 heterocycles. The molecule has 0 fully saturated rings. The smallest absolute Gasteiger partial charge is 0.261 e. The predicted octanol–water partition coefficient (Wildman–Crippen LogP) is 3.79. The van der Waals surface area contributed by atoms with Gasteiger partial charge in [0.15, 0.2) is 11.5 Å². The number of nitrogens with one attached hydrogen (secondary N) is 1. The van der Waals surface area contributed by atoms with Crippen molar-refractivity contribution in [2.24, 2.45) is 0 Å². The Morgan fingerprint density at radius 3 is 1.97 bits per heavy atom. The number of aryl methyl sites for hydroxylation is 2. The first-order valence-electron chi connectivity index (χ1n) is 8.67. The number of methoxy groups -OCH3 is 3. The third-order valence-electron chi connectivity index (χ3n) is 4.40. The Bertz CT molecular complexity index is 1080. The van der Waals surface area contributed by atoms with Gasteiger partial charge < -0.3 is 18.7 Å². The highest BCUT2D eigenvalue weighted by Gasteiger charge is 2.19. The molecule has 0 aliphatic heterocycles. The highest BCUT2D eigenvalue weighted by Crippen LogP contribution is 2.40. The Labute approximate surface area is 169 Å². The zero-order valence-electron chi connectivity index (χ0n) is 16.8. The van der Waals surface area contributed by atoms with Gasteiger partial charge in [0, 0.05) is 17.7 Å². The van der Waals surface area contributed by atoms with E-state index in [2.05, 4.69) is 9.88 Å².